The van der Waals surface area contributed by atoms with Crippen molar-refractivity contribution >= 4 is 23.4 Å². The second-order valence-corrected chi connectivity index (χ2v) is 5.81. The Hall–Kier alpha value is -1.85. The summed E-state index contributed by atoms with van der Waals surface area (Å²) in [5.74, 6) is 1.16. The molecule has 0 aliphatic carbocycles. The molecule has 1 aromatic heterocycles. The molecule has 0 bridgehead atoms. The molecule has 1 fully saturated rings. The third-order valence-electron chi connectivity index (χ3n) is 3.63. The number of nitrogens with zero attached hydrogens (tertiary/aromatic N) is 3. The highest BCUT2D eigenvalue weighted by molar-refractivity contribution is 6.30. The zero-order chi connectivity index (χ0) is 14.8. The molecule has 110 valence electrons. The fourth-order valence-electron chi connectivity index (χ4n) is 2.56. The Kier molecular flexibility index (Phi) is 3.94. The minimum atomic E-state index is 0.209. The van der Waals surface area contributed by atoms with Crippen molar-refractivity contribution in [3.8, 4) is 0 Å². The highest BCUT2D eigenvalue weighted by atomic mass is 35.5. The zero-order valence-corrected chi connectivity index (χ0v) is 12.4. The molecule has 1 saturated heterocycles. The minimum Gasteiger partial charge on any atom is -0.368 e. The minimum absolute atomic E-state index is 0.209. The number of anilines is 2. The molecule has 1 aliphatic heterocycles. The number of halogens is 1. The molecule has 21 heavy (non-hydrogen) atoms. The van der Waals surface area contributed by atoms with Gasteiger partial charge in [0.2, 0.25) is 5.95 Å². The monoisotopic (exact) mass is 303 g/mol. The van der Waals surface area contributed by atoms with E-state index < -0.39 is 0 Å². The van der Waals surface area contributed by atoms with Crippen LogP contribution in [-0.2, 0) is 6.42 Å². The molecular weight excluding hydrogens is 286 g/mol. The highest BCUT2D eigenvalue weighted by Gasteiger charge is 2.21. The van der Waals surface area contributed by atoms with Gasteiger partial charge in [0.1, 0.15) is 5.82 Å². The normalized spacial score (nSPS) is 18.2. The topological polar surface area (TPSA) is 81.1 Å². The predicted octanol–water partition coefficient (Wildman–Crippen LogP) is 1.84. The van der Waals surface area contributed by atoms with E-state index in [4.69, 9.17) is 23.1 Å². The van der Waals surface area contributed by atoms with E-state index in [0.717, 1.165) is 41.6 Å². The van der Waals surface area contributed by atoms with Gasteiger partial charge in [0.05, 0.1) is 5.69 Å². The van der Waals surface area contributed by atoms with E-state index >= 15 is 0 Å². The Morgan fingerprint density at radius 1 is 1.24 bits per heavy atom. The lowest BCUT2D eigenvalue weighted by molar-refractivity contribution is 0.751. The third-order valence-corrected chi connectivity index (χ3v) is 3.88. The van der Waals surface area contributed by atoms with E-state index in [1.807, 2.05) is 30.3 Å². The van der Waals surface area contributed by atoms with Crippen LogP contribution in [0.1, 0.15) is 17.7 Å². The summed E-state index contributed by atoms with van der Waals surface area (Å²) in [6.07, 6.45) is 1.69. The first-order valence-corrected chi connectivity index (χ1v) is 7.36. The van der Waals surface area contributed by atoms with Gasteiger partial charge in [-0.05, 0) is 24.1 Å². The van der Waals surface area contributed by atoms with Crippen molar-refractivity contribution in [2.75, 3.05) is 23.7 Å². The number of benzene rings is 1. The van der Waals surface area contributed by atoms with E-state index in [-0.39, 0.29) is 6.04 Å². The molecule has 0 amide bonds. The second kappa shape index (κ2) is 5.87. The summed E-state index contributed by atoms with van der Waals surface area (Å²) in [5.41, 5.74) is 13.8. The molecule has 0 radical (unpaired) electrons. The van der Waals surface area contributed by atoms with Crippen molar-refractivity contribution in [3.05, 3.63) is 46.6 Å². The summed E-state index contributed by atoms with van der Waals surface area (Å²) >= 11 is 5.90. The Labute approximate surface area is 128 Å². The van der Waals surface area contributed by atoms with Gasteiger partial charge in [-0.1, -0.05) is 23.7 Å². The first-order chi connectivity index (χ1) is 10.1. The number of rotatable bonds is 3. The highest BCUT2D eigenvalue weighted by Crippen LogP contribution is 2.21. The maximum absolute atomic E-state index is 5.95. The first-order valence-electron chi connectivity index (χ1n) is 6.98. The quantitative estimate of drug-likeness (QED) is 0.904. The average Bonchev–Trinajstić information content (AvgIpc) is 2.88. The molecule has 1 unspecified atom stereocenters. The van der Waals surface area contributed by atoms with Crippen LogP contribution in [-0.4, -0.2) is 29.1 Å². The molecule has 5 nitrogen and oxygen atoms in total. The molecule has 0 spiro atoms. The van der Waals surface area contributed by atoms with Crippen LogP contribution in [0.5, 0.6) is 0 Å². The lowest BCUT2D eigenvalue weighted by atomic mass is 10.1. The number of aromatic nitrogens is 2. The molecule has 1 aliphatic rings. The summed E-state index contributed by atoms with van der Waals surface area (Å²) in [4.78, 5) is 10.8. The summed E-state index contributed by atoms with van der Waals surface area (Å²) in [6.45, 7) is 1.73. The molecule has 2 heterocycles. The number of nitrogens with two attached hydrogens (primary N) is 2. The van der Waals surface area contributed by atoms with Crippen LogP contribution < -0.4 is 16.4 Å². The van der Waals surface area contributed by atoms with Crippen LogP contribution in [0.25, 0.3) is 0 Å². The Bertz CT molecular complexity index is 628. The van der Waals surface area contributed by atoms with E-state index in [1.54, 1.807) is 0 Å². The van der Waals surface area contributed by atoms with Crippen molar-refractivity contribution in [1.82, 2.24) is 9.97 Å². The van der Waals surface area contributed by atoms with Gasteiger partial charge >= 0.3 is 0 Å². The zero-order valence-electron chi connectivity index (χ0n) is 11.7. The fourth-order valence-corrected chi connectivity index (χ4v) is 2.69. The molecular formula is C15H18ClN5. The van der Waals surface area contributed by atoms with Gasteiger partial charge in [0.15, 0.2) is 0 Å². The summed E-state index contributed by atoms with van der Waals surface area (Å²) in [5, 5.41) is 0.729. The van der Waals surface area contributed by atoms with Crippen LogP contribution in [0.2, 0.25) is 5.02 Å². The van der Waals surface area contributed by atoms with Gasteiger partial charge in [0, 0.05) is 36.6 Å². The SMILES string of the molecule is Nc1nc(Cc2ccc(Cl)cc2)cc(N2CCC(N)C2)n1. The summed E-state index contributed by atoms with van der Waals surface area (Å²) in [7, 11) is 0. The van der Waals surface area contributed by atoms with Gasteiger partial charge < -0.3 is 16.4 Å². The second-order valence-electron chi connectivity index (χ2n) is 5.37. The van der Waals surface area contributed by atoms with Crippen molar-refractivity contribution in [3.63, 3.8) is 0 Å². The first kappa shape index (κ1) is 14.1. The van der Waals surface area contributed by atoms with Crippen molar-refractivity contribution in [2.45, 2.75) is 18.9 Å². The van der Waals surface area contributed by atoms with Gasteiger partial charge in [0.25, 0.3) is 0 Å². The van der Waals surface area contributed by atoms with Gasteiger partial charge in [-0.25, -0.2) is 4.98 Å². The van der Waals surface area contributed by atoms with Crippen molar-refractivity contribution < 1.29 is 0 Å². The van der Waals surface area contributed by atoms with E-state index in [2.05, 4.69) is 14.9 Å². The number of nitrogen functional groups attached to an aromatic ring is 1. The van der Waals surface area contributed by atoms with Gasteiger partial charge in [-0.15, -0.1) is 0 Å². The maximum atomic E-state index is 5.95. The number of hydrogen-bond donors (Lipinski definition) is 2. The van der Waals surface area contributed by atoms with Crippen LogP contribution in [0.15, 0.2) is 30.3 Å². The largest absolute Gasteiger partial charge is 0.368 e. The van der Waals surface area contributed by atoms with Crippen LogP contribution in [0, 0.1) is 0 Å². The molecule has 2 aromatic rings. The molecule has 1 aromatic carbocycles. The third kappa shape index (κ3) is 3.43. The number of hydrogen-bond acceptors (Lipinski definition) is 5. The van der Waals surface area contributed by atoms with Crippen molar-refractivity contribution in [1.29, 1.82) is 0 Å². The standard InChI is InChI=1S/C15H18ClN5/c16-11-3-1-10(2-4-11)7-13-8-14(20-15(18)19-13)21-6-5-12(17)9-21/h1-4,8,12H,5-7,9,17H2,(H2,18,19,20). The molecule has 3 rings (SSSR count). The fraction of sp³-hybridized carbons (Fsp3) is 0.333. The Balaban J connectivity index is 1.82. The molecule has 4 N–H and O–H groups in total. The summed E-state index contributed by atoms with van der Waals surface area (Å²) < 4.78 is 0. The van der Waals surface area contributed by atoms with Gasteiger partial charge in [-0.3, -0.25) is 0 Å². The lowest BCUT2D eigenvalue weighted by Gasteiger charge is -2.17. The molecule has 1 atom stereocenters. The average molecular weight is 304 g/mol. The Morgan fingerprint density at radius 2 is 2.00 bits per heavy atom. The molecule has 6 heteroatoms. The maximum Gasteiger partial charge on any atom is 0.222 e. The van der Waals surface area contributed by atoms with Crippen molar-refractivity contribution in [2.24, 2.45) is 5.73 Å². The van der Waals surface area contributed by atoms with E-state index in [0.29, 0.717) is 12.4 Å². The Morgan fingerprint density at radius 3 is 2.67 bits per heavy atom. The smallest absolute Gasteiger partial charge is 0.222 e. The van der Waals surface area contributed by atoms with E-state index in [1.165, 1.54) is 0 Å². The van der Waals surface area contributed by atoms with Crippen LogP contribution >= 0.6 is 11.6 Å². The van der Waals surface area contributed by atoms with Gasteiger partial charge in [-0.2, -0.15) is 4.98 Å². The van der Waals surface area contributed by atoms with Crippen LogP contribution in [0.4, 0.5) is 11.8 Å². The lowest BCUT2D eigenvalue weighted by Crippen LogP contribution is -2.27. The van der Waals surface area contributed by atoms with E-state index in [9.17, 15) is 0 Å². The predicted molar refractivity (Wildman–Crippen MR) is 85.5 cm³/mol. The summed E-state index contributed by atoms with van der Waals surface area (Å²) in [6, 6.07) is 9.94. The van der Waals surface area contributed by atoms with Crippen LogP contribution in [0.3, 0.4) is 0 Å². The molecule has 0 saturated carbocycles.